The summed E-state index contributed by atoms with van der Waals surface area (Å²) in [7, 11) is 0. The summed E-state index contributed by atoms with van der Waals surface area (Å²) in [6, 6.07) is 8.58. The topological polar surface area (TPSA) is 3.24 Å². The summed E-state index contributed by atoms with van der Waals surface area (Å²) >= 11 is 6.00. The van der Waals surface area contributed by atoms with E-state index in [1.165, 1.54) is 63.7 Å². The highest BCUT2D eigenvalue weighted by molar-refractivity contribution is 6.30. The lowest BCUT2D eigenvalue weighted by Crippen LogP contribution is -2.38. The zero-order valence-corrected chi connectivity index (χ0v) is 11.8. The van der Waals surface area contributed by atoms with Gasteiger partial charge in [0.2, 0.25) is 0 Å². The van der Waals surface area contributed by atoms with E-state index in [1.54, 1.807) is 0 Å². The van der Waals surface area contributed by atoms with Gasteiger partial charge in [-0.25, -0.2) is 0 Å². The first kappa shape index (κ1) is 12.5. The van der Waals surface area contributed by atoms with Crippen LogP contribution in [0.15, 0.2) is 24.3 Å². The molecule has 1 heterocycles. The third kappa shape index (κ3) is 2.44. The van der Waals surface area contributed by atoms with Crippen molar-refractivity contribution in [2.75, 3.05) is 19.6 Å². The highest BCUT2D eigenvalue weighted by Crippen LogP contribution is 2.46. The molecule has 1 aromatic rings. The number of halogens is 1. The van der Waals surface area contributed by atoms with E-state index in [-0.39, 0.29) is 0 Å². The molecule has 0 amide bonds. The maximum absolute atomic E-state index is 6.00. The predicted octanol–water partition coefficient (Wildman–Crippen LogP) is 4.25. The van der Waals surface area contributed by atoms with Gasteiger partial charge in [0, 0.05) is 5.02 Å². The van der Waals surface area contributed by atoms with Gasteiger partial charge in [0.15, 0.2) is 0 Å². The van der Waals surface area contributed by atoms with E-state index in [4.69, 9.17) is 11.6 Å². The van der Waals surface area contributed by atoms with Gasteiger partial charge in [-0.2, -0.15) is 0 Å². The summed E-state index contributed by atoms with van der Waals surface area (Å²) in [6.45, 7) is 3.91. The molecule has 0 N–H and O–H groups in total. The summed E-state index contributed by atoms with van der Waals surface area (Å²) < 4.78 is 0. The van der Waals surface area contributed by atoms with E-state index in [2.05, 4.69) is 17.0 Å². The Labute approximate surface area is 115 Å². The maximum Gasteiger partial charge on any atom is 0.0406 e. The zero-order valence-electron chi connectivity index (χ0n) is 11.0. The molecule has 3 rings (SSSR count). The van der Waals surface area contributed by atoms with Crippen LogP contribution in [0.5, 0.6) is 0 Å². The number of benzene rings is 1. The van der Waals surface area contributed by atoms with Crippen LogP contribution in [0.3, 0.4) is 0 Å². The SMILES string of the molecule is Clc1ccc(C2(CCN3CCCC3)CCC2)cc1. The van der Waals surface area contributed by atoms with Gasteiger partial charge in [0.05, 0.1) is 0 Å². The molecule has 1 aliphatic carbocycles. The van der Waals surface area contributed by atoms with Crippen LogP contribution in [0.2, 0.25) is 5.02 Å². The van der Waals surface area contributed by atoms with E-state index in [0.29, 0.717) is 5.41 Å². The molecule has 0 bridgehead atoms. The smallest absolute Gasteiger partial charge is 0.0406 e. The lowest BCUT2D eigenvalue weighted by atomic mass is 9.62. The molecule has 98 valence electrons. The van der Waals surface area contributed by atoms with Crippen molar-refractivity contribution < 1.29 is 0 Å². The molecule has 2 fully saturated rings. The molecular weight excluding hydrogens is 242 g/mol. The lowest BCUT2D eigenvalue weighted by molar-refractivity contribution is 0.190. The minimum Gasteiger partial charge on any atom is -0.303 e. The average molecular weight is 264 g/mol. The molecule has 18 heavy (non-hydrogen) atoms. The Morgan fingerprint density at radius 1 is 1.00 bits per heavy atom. The van der Waals surface area contributed by atoms with E-state index < -0.39 is 0 Å². The van der Waals surface area contributed by atoms with Crippen molar-refractivity contribution in [3.63, 3.8) is 0 Å². The van der Waals surface area contributed by atoms with E-state index in [9.17, 15) is 0 Å². The Bertz CT molecular complexity index is 388. The van der Waals surface area contributed by atoms with Crippen LogP contribution in [-0.4, -0.2) is 24.5 Å². The van der Waals surface area contributed by atoms with Gasteiger partial charge >= 0.3 is 0 Å². The molecule has 1 saturated carbocycles. The summed E-state index contributed by atoms with van der Waals surface area (Å²) in [4.78, 5) is 2.63. The van der Waals surface area contributed by atoms with E-state index in [1.807, 2.05) is 12.1 Å². The highest BCUT2D eigenvalue weighted by Gasteiger charge is 2.38. The third-order valence-electron chi connectivity index (χ3n) is 4.87. The van der Waals surface area contributed by atoms with Crippen molar-refractivity contribution in [2.45, 2.75) is 43.9 Å². The second-order valence-corrected chi connectivity index (χ2v) is 6.38. The molecule has 1 aromatic carbocycles. The van der Waals surface area contributed by atoms with Gasteiger partial charge in [0.1, 0.15) is 0 Å². The predicted molar refractivity (Wildman–Crippen MR) is 77.3 cm³/mol. The molecule has 2 heteroatoms. The van der Waals surface area contributed by atoms with Crippen molar-refractivity contribution in [2.24, 2.45) is 0 Å². The molecule has 0 spiro atoms. The number of hydrogen-bond donors (Lipinski definition) is 0. The van der Waals surface area contributed by atoms with Crippen molar-refractivity contribution in [1.82, 2.24) is 4.90 Å². The molecule has 1 nitrogen and oxygen atoms in total. The van der Waals surface area contributed by atoms with Crippen LogP contribution in [0, 0.1) is 0 Å². The Morgan fingerprint density at radius 3 is 2.22 bits per heavy atom. The van der Waals surface area contributed by atoms with Gasteiger partial charge < -0.3 is 4.90 Å². The van der Waals surface area contributed by atoms with Crippen molar-refractivity contribution in [3.05, 3.63) is 34.9 Å². The fraction of sp³-hybridized carbons (Fsp3) is 0.625. The third-order valence-corrected chi connectivity index (χ3v) is 5.12. The van der Waals surface area contributed by atoms with Crippen LogP contribution in [0.4, 0.5) is 0 Å². The summed E-state index contributed by atoms with van der Waals surface area (Å²) in [5, 5.41) is 0.854. The van der Waals surface area contributed by atoms with Gasteiger partial charge in [-0.3, -0.25) is 0 Å². The van der Waals surface area contributed by atoms with E-state index in [0.717, 1.165) is 5.02 Å². The number of nitrogens with zero attached hydrogens (tertiary/aromatic N) is 1. The van der Waals surface area contributed by atoms with Crippen LogP contribution in [0.1, 0.15) is 44.1 Å². The largest absolute Gasteiger partial charge is 0.303 e. The second kappa shape index (κ2) is 5.22. The first-order valence-electron chi connectivity index (χ1n) is 7.27. The van der Waals surface area contributed by atoms with Crippen molar-refractivity contribution in [1.29, 1.82) is 0 Å². The minimum absolute atomic E-state index is 0.465. The van der Waals surface area contributed by atoms with Crippen molar-refractivity contribution in [3.8, 4) is 0 Å². The van der Waals surface area contributed by atoms with Crippen LogP contribution in [0.25, 0.3) is 0 Å². The first-order valence-corrected chi connectivity index (χ1v) is 7.65. The lowest BCUT2D eigenvalue weighted by Gasteiger charge is -2.43. The number of rotatable bonds is 4. The standard InChI is InChI=1S/C16H22ClN/c17-15-6-4-14(5-7-15)16(8-3-9-16)10-13-18-11-1-2-12-18/h4-7H,1-3,8-13H2. The maximum atomic E-state index is 6.00. The average Bonchev–Trinajstić information content (AvgIpc) is 2.83. The van der Waals surface area contributed by atoms with Gasteiger partial charge in [-0.05, 0) is 74.8 Å². The molecule has 1 aliphatic heterocycles. The Kier molecular flexibility index (Phi) is 3.63. The molecule has 0 aromatic heterocycles. The first-order chi connectivity index (χ1) is 8.78. The Morgan fingerprint density at radius 2 is 1.67 bits per heavy atom. The fourth-order valence-corrected chi connectivity index (χ4v) is 3.59. The van der Waals surface area contributed by atoms with Gasteiger partial charge in [0.25, 0.3) is 0 Å². The quantitative estimate of drug-likeness (QED) is 0.785. The molecule has 0 atom stereocenters. The second-order valence-electron chi connectivity index (χ2n) is 5.94. The van der Waals surface area contributed by atoms with E-state index >= 15 is 0 Å². The Balaban J connectivity index is 1.67. The normalized spacial score (nSPS) is 22.9. The Hall–Kier alpha value is -0.530. The monoisotopic (exact) mass is 263 g/mol. The van der Waals surface area contributed by atoms with Crippen LogP contribution < -0.4 is 0 Å². The molecule has 0 unspecified atom stereocenters. The summed E-state index contributed by atoms with van der Waals surface area (Å²) in [6.07, 6.45) is 8.24. The zero-order chi connectivity index (χ0) is 12.4. The number of likely N-dealkylation sites (tertiary alicyclic amines) is 1. The fourth-order valence-electron chi connectivity index (χ4n) is 3.47. The molecular formula is C16H22ClN. The van der Waals surface area contributed by atoms with Gasteiger partial charge in [-0.15, -0.1) is 0 Å². The minimum atomic E-state index is 0.465. The summed E-state index contributed by atoms with van der Waals surface area (Å²) in [5.74, 6) is 0. The summed E-state index contributed by atoms with van der Waals surface area (Å²) in [5.41, 5.74) is 1.98. The van der Waals surface area contributed by atoms with Crippen LogP contribution >= 0.6 is 11.6 Å². The molecule has 2 aliphatic rings. The van der Waals surface area contributed by atoms with Gasteiger partial charge in [-0.1, -0.05) is 30.2 Å². The molecule has 0 radical (unpaired) electrons. The molecule has 1 saturated heterocycles. The highest BCUT2D eigenvalue weighted by atomic mass is 35.5. The van der Waals surface area contributed by atoms with Crippen molar-refractivity contribution >= 4 is 11.6 Å². The number of hydrogen-bond acceptors (Lipinski definition) is 1. The van der Waals surface area contributed by atoms with Crippen LogP contribution in [-0.2, 0) is 5.41 Å².